The average molecular weight is 384 g/mol. The second-order valence-corrected chi connectivity index (χ2v) is 6.98. The molecule has 0 aromatic heterocycles. The molecule has 7 nitrogen and oxygen atoms in total. The van der Waals surface area contributed by atoms with E-state index in [1.54, 1.807) is 0 Å². The summed E-state index contributed by atoms with van der Waals surface area (Å²) in [5, 5.41) is 19.6. The van der Waals surface area contributed by atoms with E-state index in [-0.39, 0.29) is 38.0 Å². The maximum atomic E-state index is 12.1. The number of rotatable bonds is 14. The topological polar surface area (TPSA) is 110 Å². The standard InChI is InChI=1S/C20H32O7/c1-6-7-9-20(19(24)25,10-12-27-18(23)15(4)5)16(17(21)22)8-11-26-13-14(2)3/h13,16H,4,6-12H2,1-3,5H3,(H,21,22)(H,24,25). The van der Waals surface area contributed by atoms with Gasteiger partial charge >= 0.3 is 17.9 Å². The van der Waals surface area contributed by atoms with Crippen LogP contribution in [-0.2, 0) is 23.9 Å². The minimum atomic E-state index is -1.54. The zero-order valence-corrected chi connectivity index (χ0v) is 16.7. The molecule has 0 bridgehead atoms. The van der Waals surface area contributed by atoms with Gasteiger partial charge in [-0.2, -0.15) is 0 Å². The normalized spacial score (nSPS) is 13.8. The number of unbranched alkanes of at least 4 members (excludes halogenated alkanes) is 1. The summed E-state index contributed by atoms with van der Waals surface area (Å²) in [6.07, 6.45) is 2.94. The Morgan fingerprint density at radius 1 is 1.11 bits per heavy atom. The first kappa shape index (κ1) is 24.7. The lowest BCUT2D eigenvalue weighted by molar-refractivity contribution is -0.167. The van der Waals surface area contributed by atoms with Crippen molar-refractivity contribution in [2.75, 3.05) is 13.2 Å². The quantitative estimate of drug-likeness (QED) is 0.203. The van der Waals surface area contributed by atoms with Gasteiger partial charge in [-0.15, -0.1) is 0 Å². The van der Waals surface area contributed by atoms with Crippen LogP contribution in [0.25, 0.3) is 0 Å². The van der Waals surface area contributed by atoms with Gasteiger partial charge in [-0.25, -0.2) is 4.79 Å². The van der Waals surface area contributed by atoms with E-state index in [4.69, 9.17) is 9.47 Å². The minimum Gasteiger partial charge on any atom is -0.501 e. The van der Waals surface area contributed by atoms with Crippen molar-refractivity contribution in [3.8, 4) is 0 Å². The molecular formula is C20H32O7. The smallest absolute Gasteiger partial charge is 0.333 e. The summed E-state index contributed by atoms with van der Waals surface area (Å²) in [5.74, 6) is -4.17. The maximum absolute atomic E-state index is 12.1. The van der Waals surface area contributed by atoms with Crippen LogP contribution < -0.4 is 0 Å². The Bertz CT molecular complexity index is 561. The highest BCUT2D eigenvalue weighted by atomic mass is 16.5. The number of carboxylic acids is 2. The van der Waals surface area contributed by atoms with Crippen molar-refractivity contribution in [2.45, 2.75) is 59.8 Å². The zero-order chi connectivity index (χ0) is 21.0. The molecule has 0 aliphatic carbocycles. The molecule has 2 N–H and O–H groups in total. The maximum Gasteiger partial charge on any atom is 0.333 e. The van der Waals surface area contributed by atoms with Gasteiger partial charge < -0.3 is 19.7 Å². The van der Waals surface area contributed by atoms with Gasteiger partial charge in [-0.05, 0) is 45.6 Å². The molecule has 0 saturated carbocycles. The van der Waals surface area contributed by atoms with Gasteiger partial charge in [0.2, 0.25) is 0 Å². The highest BCUT2D eigenvalue weighted by Gasteiger charge is 2.48. The van der Waals surface area contributed by atoms with Crippen molar-refractivity contribution in [1.82, 2.24) is 0 Å². The molecule has 0 aromatic carbocycles. The first-order chi connectivity index (χ1) is 12.6. The fourth-order valence-corrected chi connectivity index (χ4v) is 2.83. The van der Waals surface area contributed by atoms with Crippen LogP contribution in [0.4, 0.5) is 0 Å². The van der Waals surface area contributed by atoms with Gasteiger partial charge in [0.05, 0.1) is 30.8 Å². The highest BCUT2D eigenvalue weighted by molar-refractivity contribution is 5.87. The van der Waals surface area contributed by atoms with Crippen LogP contribution >= 0.6 is 0 Å². The van der Waals surface area contributed by atoms with E-state index in [2.05, 4.69) is 6.58 Å². The van der Waals surface area contributed by atoms with E-state index in [0.717, 1.165) is 12.0 Å². The largest absolute Gasteiger partial charge is 0.501 e. The van der Waals surface area contributed by atoms with Crippen LogP contribution in [0.5, 0.6) is 0 Å². The van der Waals surface area contributed by atoms with E-state index >= 15 is 0 Å². The number of carbonyl (C=O) groups excluding carboxylic acids is 1. The summed E-state index contributed by atoms with van der Waals surface area (Å²) in [5.41, 5.74) is -0.413. The lowest BCUT2D eigenvalue weighted by atomic mass is 9.68. The summed E-state index contributed by atoms with van der Waals surface area (Å²) in [6.45, 7) is 10.5. The van der Waals surface area contributed by atoms with Crippen LogP contribution in [0.3, 0.4) is 0 Å². The first-order valence-corrected chi connectivity index (χ1v) is 9.12. The van der Waals surface area contributed by atoms with Crippen LogP contribution in [0, 0.1) is 11.3 Å². The Kier molecular flexibility index (Phi) is 11.1. The van der Waals surface area contributed by atoms with Crippen LogP contribution in [0.2, 0.25) is 0 Å². The molecule has 2 atom stereocenters. The number of hydrogen-bond donors (Lipinski definition) is 2. The second kappa shape index (κ2) is 12.1. The van der Waals surface area contributed by atoms with E-state index in [1.165, 1.54) is 13.2 Å². The van der Waals surface area contributed by atoms with Crippen molar-refractivity contribution in [3.05, 3.63) is 24.0 Å². The highest BCUT2D eigenvalue weighted by Crippen LogP contribution is 2.40. The Hall–Kier alpha value is -2.31. The van der Waals surface area contributed by atoms with Gasteiger partial charge in [0.1, 0.15) is 0 Å². The molecule has 27 heavy (non-hydrogen) atoms. The Labute approximate surface area is 161 Å². The van der Waals surface area contributed by atoms with Crippen molar-refractivity contribution < 1.29 is 34.1 Å². The molecule has 154 valence electrons. The summed E-state index contributed by atoms with van der Waals surface area (Å²) < 4.78 is 10.4. The lowest BCUT2D eigenvalue weighted by Crippen LogP contribution is -2.44. The molecule has 0 heterocycles. The van der Waals surface area contributed by atoms with Gasteiger partial charge in [0, 0.05) is 5.57 Å². The molecule has 0 radical (unpaired) electrons. The number of allylic oxidation sites excluding steroid dienone is 1. The third-order valence-corrected chi connectivity index (χ3v) is 4.34. The lowest BCUT2D eigenvalue weighted by Gasteiger charge is -2.35. The Morgan fingerprint density at radius 3 is 2.19 bits per heavy atom. The van der Waals surface area contributed by atoms with E-state index in [0.29, 0.717) is 6.42 Å². The number of aliphatic carboxylic acids is 2. The van der Waals surface area contributed by atoms with Gasteiger partial charge in [-0.3, -0.25) is 9.59 Å². The van der Waals surface area contributed by atoms with Crippen molar-refractivity contribution >= 4 is 17.9 Å². The summed E-state index contributed by atoms with van der Waals surface area (Å²) in [7, 11) is 0. The van der Waals surface area contributed by atoms with Crippen LogP contribution in [-0.4, -0.2) is 41.3 Å². The molecule has 0 spiro atoms. The average Bonchev–Trinajstić information content (AvgIpc) is 2.57. The SMILES string of the molecule is C=C(C)C(=O)OCCC(CCCC)(C(=O)O)C(CCOC=C(C)C)C(=O)O. The second-order valence-electron chi connectivity index (χ2n) is 6.98. The van der Waals surface area contributed by atoms with Gasteiger partial charge in [-0.1, -0.05) is 26.3 Å². The number of carboxylic acid groups (broad SMARTS) is 2. The van der Waals surface area contributed by atoms with Crippen LogP contribution in [0.15, 0.2) is 24.0 Å². The van der Waals surface area contributed by atoms with Crippen LogP contribution in [0.1, 0.15) is 59.8 Å². The molecule has 0 rings (SSSR count). The Balaban J connectivity index is 5.47. The number of esters is 1. The number of carbonyl (C=O) groups is 3. The van der Waals surface area contributed by atoms with Crippen molar-refractivity contribution in [2.24, 2.45) is 11.3 Å². The van der Waals surface area contributed by atoms with Gasteiger partial charge in [0.15, 0.2) is 0 Å². The predicted octanol–water partition coefficient (Wildman–Crippen LogP) is 3.79. The molecular weight excluding hydrogens is 352 g/mol. The van der Waals surface area contributed by atoms with Gasteiger partial charge in [0.25, 0.3) is 0 Å². The van der Waals surface area contributed by atoms with E-state index in [9.17, 15) is 24.6 Å². The minimum absolute atomic E-state index is 0.0452. The van der Waals surface area contributed by atoms with E-state index < -0.39 is 29.2 Å². The van der Waals surface area contributed by atoms with E-state index in [1.807, 2.05) is 20.8 Å². The number of ether oxygens (including phenoxy) is 2. The summed E-state index contributed by atoms with van der Waals surface area (Å²) in [4.78, 5) is 35.6. The molecule has 0 saturated heterocycles. The molecule has 0 aliphatic heterocycles. The molecule has 7 heteroatoms. The Morgan fingerprint density at radius 2 is 1.74 bits per heavy atom. The fraction of sp³-hybridized carbons (Fsp3) is 0.650. The monoisotopic (exact) mass is 384 g/mol. The molecule has 0 amide bonds. The molecule has 0 aliphatic rings. The number of hydrogen-bond acceptors (Lipinski definition) is 5. The van der Waals surface area contributed by atoms with Crippen molar-refractivity contribution in [3.63, 3.8) is 0 Å². The zero-order valence-electron chi connectivity index (χ0n) is 16.7. The van der Waals surface area contributed by atoms with Crippen molar-refractivity contribution in [1.29, 1.82) is 0 Å². The molecule has 0 fully saturated rings. The summed E-state index contributed by atoms with van der Waals surface area (Å²) >= 11 is 0. The third-order valence-electron chi connectivity index (χ3n) is 4.34. The predicted molar refractivity (Wildman–Crippen MR) is 101 cm³/mol. The first-order valence-electron chi connectivity index (χ1n) is 9.12. The third kappa shape index (κ3) is 8.28. The summed E-state index contributed by atoms with van der Waals surface area (Å²) in [6, 6.07) is 0. The molecule has 0 aromatic rings. The molecule has 2 unspecified atom stereocenters. The fourth-order valence-electron chi connectivity index (χ4n) is 2.83.